The molecule has 152 valence electrons. The molecule has 0 bridgehead atoms. The number of anilines is 1. The van der Waals surface area contributed by atoms with Gasteiger partial charge in [-0.15, -0.1) is 0 Å². The molecule has 0 unspecified atom stereocenters. The highest BCUT2D eigenvalue weighted by atomic mass is 19.1. The van der Waals surface area contributed by atoms with Crippen LogP contribution in [0.5, 0.6) is 0 Å². The topological polar surface area (TPSA) is 84.5 Å². The van der Waals surface area contributed by atoms with Crippen molar-refractivity contribution >= 4 is 29.5 Å². The maximum absolute atomic E-state index is 13.5. The van der Waals surface area contributed by atoms with E-state index in [1.165, 1.54) is 13.0 Å². The molecule has 29 heavy (non-hydrogen) atoms. The van der Waals surface area contributed by atoms with E-state index in [-0.39, 0.29) is 18.9 Å². The van der Waals surface area contributed by atoms with Crippen LogP contribution in [0, 0.1) is 11.6 Å². The summed E-state index contributed by atoms with van der Waals surface area (Å²) >= 11 is 0. The van der Waals surface area contributed by atoms with Gasteiger partial charge in [-0.3, -0.25) is 14.4 Å². The number of amides is 2. The number of para-hydroxylation sites is 1. The number of hydrogen-bond acceptors (Lipinski definition) is 4. The molecule has 2 N–H and O–H groups in total. The van der Waals surface area contributed by atoms with Gasteiger partial charge in [0.1, 0.15) is 17.3 Å². The van der Waals surface area contributed by atoms with Crippen LogP contribution in [0.4, 0.5) is 14.5 Å². The Balaban J connectivity index is 1.73. The Kier molecular flexibility index (Phi) is 8.02. The minimum absolute atomic E-state index is 0.00702. The van der Waals surface area contributed by atoms with Crippen molar-refractivity contribution in [1.29, 1.82) is 0 Å². The predicted octanol–water partition coefficient (Wildman–Crippen LogP) is 3.05. The second-order valence-electron chi connectivity index (χ2n) is 6.00. The monoisotopic (exact) mass is 402 g/mol. The standard InChI is InChI=1S/C21H20F2N2O4/c1-14(21(28)25-20-16(22)8-5-9-17(20)23)29-19(27)12-13-24-18(26)11-10-15-6-3-2-4-7-15/h2-11,14H,12-13H2,1H3,(H,24,26)(H,25,28)/b11-10+/t14-/m1/s1. The summed E-state index contributed by atoms with van der Waals surface area (Å²) in [6.45, 7) is 1.28. The van der Waals surface area contributed by atoms with E-state index in [4.69, 9.17) is 4.74 Å². The highest BCUT2D eigenvalue weighted by molar-refractivity contribution is 5.95. The highest BCUT2D eigenvalue weighted by Gasteiger charge is 2.20. The average molecular weight is 402 g/mol. The predicted molar refractivity (Wildman–Crippen MR) is 104 cm³/mol. The summed E-state index contributed by atoms with van der Waals surface area (Å²) in [5, 5.41) is 4.56. The Morgan fingerprint density at radius 3 is 2.34 bits per heavy atom. The van der Waals surface area contributed by atoms with Crippen LogP contribution in [0.25, 0.3) is 6.08 Å². The third-order valence-electron chi connectivity index (χ3n) is 3.74. The van der Waals surface area contributed by atoms with E-state index in [2.05, 4.69) is 5.32 Å². The number of benzene rings is 2. The second-order valence-corrected chi connectivity index (χ2v) is 6.00. The molecule has 0 aromatic heterocycles. The SMILES string of the molecule is C[C@@H](OC(=O)CCNC(=O)/C=C/c1ccccc1)C(=O)Nc1c(F)cccc1F. The summed E-state index contributed by atoms with van der Waals surface area (Å²) in [4.78, 5) is 35.4. The van der Waals surface area contributed by atoms with Gasteiger partial charge in [0.05, 0.1) is 6.42 Å². The van der Waals surface area contributed by atoms with Crippen LogP contribution in [-0.2, 0) is 19.1 Å². The first-order chi connectivity index (χ1) is 13.9. The lowest BCUT2D eigenvalue weighted by atomic mass is 10.2. The minimum atomic E-state index is -1.27. The Labute approximate surface area is 166 Å². The zero-order valence-electron chi connectivity index (χ0n) is 15.7. The molecule has 0 aliphatic carbocycles. The van der Waals surface area contributed by atoms with Crippen LogP contribution in [0.15, 0.2) is 54.6 Å². The van der Waals surface area contributed by atoms with Crippen molar-refractivity contribution < 1.29 is 27.9 Å². The average Bonchev–Trinajstić information content (AvgIpc) is 2.70. The van der Waals surface area contributed by atoms with Crippen molar-refractivity contribution in [1.82, 2.24) is 5.32 Å². The van der Waals surface area contributed by atoms with Crippen LogP contribution in [0.1, 0.15) is 18.9 Å². The molecule has 0 aliphatic rings. The van der Waals surface area contributed by atoms with Gasteiger partial charge < -0.3 is 15.4 Å². The molecule has 2 amide bonds. The van der Waals surface area contributed by atoms with Crippen molar-refractivity contribution in [3.8, 4) is 0 Å². The lowest BCUT2D eigenvalue weighted by molar-refractivity contribution is -0.153. The molecule has 0 heterocycles. The molecule has 0 saturated carbocycles. The van der Waals surface area contributed by atoms with Gasteiger partial charge in [-0.1, -0.05) is 36.4 Å². The Hall–Kier alpha value is -3.55. The first kappa shape index (κ1) is 21.7. The van der Waals surface area contributed by atoms with Crippen LogP contribution in [0.3, 0.4) is 0 Å². The Bertz CT molecular complexity index is 881. The van der Waals surface area contributed by atoms with E-state index in [1.54, 1.807) is 6.08 Å². The molecule has 8 heteroatoms. The molecule has 0 spiro atoms. The van der Waals surface area contributed by atoms with Crippen LogP contribution >= 0.6 is 0 Å². The Morgan fingerprint density at radius 1 is 1.03 bits per heavy atom. The molecule has 0 fully saturated rings. The molecular formula is C21H20F2N2O4. The largest absolute Gasteiger partial charge is 0.452 e. The third-order valence-corrected chi connectivity index (χ3v) is 3.74. The first-order valence-corrected chi connectivity index (χ1v) is 8.82. The van der Waals surface area contributed by atoms with Gasteiger partial charge in [0.25, 0.3) is 5.91 Å². The Morgan fingerprint density at radius 2 is 1.69 bits per heavy atom. The number of hydrogen-bond donors (Lipinski definition) is 2. The van der Waals surface area contributed by atoms with Crippen molar-refractivity contribution in [2.75, 3.05) is 11.9 Å². The molecule has 0 saturated heterocycles. The molecule has 1 atom stereocenters. The molecular weight excluding hydrogens is 382 g/mol. The van der Waals surface area contributed by atoms with Crippen LogP contribution in [0.2, 0.25) is 0 Å². The van der Waals surface area contributed by atoms with E-state index >= 15 is 0 Å². The smallest absolute Gasteiger partial charge is 0.308 e. The minimum Gasteiger partial charge on any atom is -0.452 e. The van der Waals surface area contributed by atoms with Gasteiger partial charge in [-0.2, -0.15) is 0 Å². The van der Waals surface area contributed by atoms with Crippen LogP contribution in [-0.4, -0.2) is 30.4 Å². The fraction of sp³-hybridized carbons (Fsp3) is 0.190. The molecule has 2 aromatic carbocycles. The number of nitrogens with one attached hydrogen (secondary N) is 2. The first-order valence-electron chi connectivity index (χ1n) is 8.82. The summed E-state index contributed by atoms with van der Waals surface area (Å²) in [6.07, 6.45) is 1.52. The summed E-state index contributed by atoms with van der Waals surface area (Å²) < 4.78 is 32.0. The fourth-order valence-electron chi connectivity index (χ4n) is 2.23. The lowest BCUT2D eigenvalue weighted by Crippen LogP contribution is -2.32. The molecule has 0 radical (unpaired) electrons. The number of esters is 1. The number of ether oxygens (including phenoxy) is 1. The van der Waals surface area contributed by atoms with Gasteiger partial charge >= 0.3 is 5.97 Å². The molecule has 6 nitrogen and oxygen atoms in total. The van der Waals surface area contributed by atoms with Crippen molar-refractivity contribution in [2.45, 2.75) is 19.4 Å². The van der Waals surface area contributed by atoms with E-state index < -0.39 is 35.3 Å². The highest BCUT2D eigenvalue weighted by Crippen LogP contribution is 2.18. The van der Waals surface area contributed by atoms with Crippen molar-refractivity contribution in [3.05, 3.63) is 71.8 Å². The molecule has 0 aliphatic heterocycles. The summed E-state index contributed by atoms with van der Waals surface area (Å²) in [6, 6.07) is 12.3. The quantitative estimate of drug-likeness (QED) is 0.525. The number of carbonyl (C=O) groups excluding carboxylic acids is 3. The van der Waals surface area contributed by atoms with E-state index in [0.717, 1.165) is 23.8 Å². The van der Waals surface area contributed by atoms with E-state index in [1.807, 2.05) is 35.6 Å². The molecule has 2 aromatic rings. The van der Waals surface area contributed by atoms with E-state index in [0.29, 0.717) is 0 Å². The number of halogens is 2. The zero-order chi connectivity index (χ0) is 21.2. The second kappa shape index (κ2) is 10.7. The van der Waals surface area contributed by atoms with Crippen molar-refractivity contribution in [3.63, 3.8) is 0 Å². The summed E-state index contributed by atoms with van der Waals surface area (Å²) in [5.41, 5.74) is 0.242. The zero-order valence-corrected chi connectivity index (χ0v) is 15.7. The number of carbonyl (C=O) groups is 3. The summed E-state index contributed by atoms with van der Waals surface area (Å²) in [7, 11) is 0. The van der Waals surface area contributed by atoms with Crippen molar-refractivity contribution in [2.24, 2.45) is 0 Å². The lowest BCUT2D eigenvalue weighted by Gasteiger charge is -2.14. The third kappa shape index (κ3) is 7.17. The van der Waals surface area contributed by atoms with Gasteiger partial charge in [-0.25, -0.2) is 8.78 Å². The fourth-order valence-corrected chi connectivity index (χ4v) is 2.23. The number of rotatable bonds is 8. The molecule has 2 rings (SSSR count). The maximum Gasteiger partial charge on any atom is 0.308 e. The maximum atomic E-state index is 13.5. The van der Waals surface area contributed by atoms with Gasteiger partial charge in [-0.05, 0) is 30.7 Å². The van der Waals surface area contributed by atoms with E-state index in [9.17, 15) is 23.2 Å². The van der Waals surface area contributed by atoms with Gasteiger partial charge in [0.2, 0.25) is 5.91 Å². The van der Waals surface area contributed by atoms with Gasteiger partial charge in [0.15, 0.2) is 6.10 Å². The van der Waals surface area contributed by atoms with Crippen LogP contribution < -0.4 is 10.6 Å². The summed E-state index contributed by atoms with van der Waals surface area (Å²) in [5.74, 6) is -3.89. The van der Waals surface area contributed by atoms with Gasteiger partial charge in [0, 0.05) is 12.6 Å². The normalized spacial score (nSPS) is 11.7.